The van der Waals surface area contributed by atoms with Crippen molar-refractivity contribution in [1.82, 2.24) is 9.55 Å². The Hall–Kier alpha value is -1.87. The highest BCUT2D eigenvalue weighted by Crippen LogP contribution is 2.40. The molecule has 0 saturated carbocycles. The van der Waals surface area contributed by atoms with Crippen molar-refractivity contribution < 1.29 is 23.1 Å². The lowest BCUT2D eigenvalue weighted by Gasteiger charge is -2.29. The first-order chi connectivity index (χ1) is 11.0. The van der Waals surface area contributed by atoms with E-state index >= 15 is 0 Å². The Balaban J connectivity index is 2.25. The molecule has 130 valence electrons. The predicted molar refractivity (Wildman–Crippen MR) is 85.3 cm³/mol. The van der Waals surface area contributed by atoms with Crippen molar-refractivity contribution in [3.05, 3.63) is 46.5 Å². The standard InChI is InChI=1S/C15H15BrF3N3O2/c1-9-7-10(3-4-11(9)16)21-12(23)8-14(24,15(17,18)19)13-20-5-6-22(13)2/h3-7,24H,8H2,1-2H3,(H,21,23). The van der Waals surface area contributed by atoms with Gasteiger partial charge in [0, 0.05) is 29.6 Å². The van der Waals surface area contributed by atoms with Gasteiger partial charge in [-0.25, -0.2) is 4.98 Å². The summed E-state index contributed by atoms with van der Waals surface area (Å²) in [7, 11) is 1.31. The number of carbonyl (C=O) groups excluding carboxylic acids is 1. The first-order valence-corrected chi connectivity index (χ1v) is 7.67. The van der Waals surface area contributed by atoms with Gasteiger partial charge in [-0.3, -0.25) is 4.79 Å². The number of hydrogen-bond donors (Lipinski definition) is 2. The van der Waals surface area contributed by atoms with Gasteiger partial charge in [0.15, 0.2) is 5.82 Å². The Bertz CT molecular complexity index is 761. The molecule has 2 N–H and O–H groups in total. The second-order valence-electron chi connectivity index (χ2n) is 5.41. The number of alkyl halides is 3. The van der Waals surface area contributed by atoms with E-state index in [9.17, 15) is 23.1 Å². The van der Waals surface area contributed by atoms with Crippen LogP contribution >= 0.6 is 15.9 Å². The average Bonchev–Trinajstić information content (AvgIpc) is 2.88. The third-order valence-corrected chi connectivity index (χ3v) is 4.41. The zero-order valence-corrected chi connectivity index (χ0v) is 14.4. The number of nitrogens with one attached hydrogen (secondary N) is 1. The molecular weight excluding hydrogens is 391 g/mol. The molecule has 0 fully saturated rings. The average molecular weight is 406 g/mol. The second kappa shape index (κ2) is 6.56. The van der Waals surface area contributed by atoms with Crippen molar-refractivity contribution in [1.29, 1.82) is 0 Å². The highest BCUT2D eigenvalue weighted by atomic mass is 79.9. The summed E-state index contributed by atoms with van der Waals surface area (Å²) in [6.07, 6.45) is -3.86. The zero-order valence-electron chi connectivity index (χ0n) is 12.9. The number of benzene rings is 1. The molecule has 1 aromatic carbocycles. The Kier molecular flexibility index (Phi) is 5.05. The molecule has 1 amide bonds. The predicted octanol–water partition coefficient (Wildman–Crippen LogP) is 3.27. The Morgan fingerprint density at radius 3 is 2.58 bits per heavy atom. The van der Waals surface area contributed by atoms with Gasteiger partial charge in [-0.1, -0.05) is 15.9 Å². The third kappa shape index (κ3) is 3.62. The van der Waals surface area contributed by atoms with Gasteiger partial charge in [0.25, 0.3) is 0 Å². The van der Waals surface area contributed by atoms with Crippen molar-refractivity contribution in [2.24, 2.45) is 7.05 Å². The van der Waals surface area contributed by atoms with Crippen LogP contribution in [0, 0.1) is 6.92 Å². The monoisotopic (exact) mass is 405 g/mol. The summed E-state index contributed by atoms with van der Waals surface area (Å²) in [5.74, 6) is -1.61. The molecule has 1 unspecified atom stereocenters. The number of aromatic nitrogens is 2. The fourth-order valence-electron chi connectivity index (χ4n) is 2.23. The van der Waals surface area contributed by atoms with Crippen molar-refractivity contribution in [3.8, 4) is 0 Å². The molecule has 1 atom stereocenters. The maximum absolute atomic E-state index is 13.4. The summed E-state index contributed by atoms with van der Waals surface area (Å²) >= 11 is 3.29. The van der Waals surface area contributed by atoms with E-state index < -0.39 is 29.9 Å². The van der Waals surface area contributed by atoms with E-state index in [2.05, 4.69) is 26.2 Å². The van der Waals surface area contributed by atoms with Crippen LogP contribution in [-0.4, -0.2) is 26.7 Å². The summed E-state index contributed by atoms with van der Waals surface area (Å²) in [5, 5.41) is 12.5. The zero-order chi connectivity index (χ0) is 18.1. The number of carbonyl (C=O) groups is 1. The summed E-state index contributed by atoms with van der Waals surface area (Å²) in [6.45, 7) is 1.78. The molecule has 0 spiro atoms. The van der Waals surface area contributed by atoms with E-state index in [4.69, 9.17) is 0 Å². The lowest BCUT2D eigenvalue weighted by Crippen LogP contribution is -2.46. The molecule has 0 aliphatic rings. The van der Waals surface area contributed by atoms with Crippen LogP contribution in [-0.2, 0) is 17.4 Å². The molecule has 0 aliphatic carbocycles. The van der Waals surface area contributed by atoms with Crippen LogP contribution in [0.1, 0.15) is 17.8 Å². The van der Waals surface area contributed by atoms with Crippen molar-refractivity contribution >= 4 is 27.5 Å². The normalized spacial score (nSPS) is 14.3. The molecule has 0 radical (unpaired) electrons. The number of imidazole rings is 1. The van der Waals surface area contributed by atoms with E-state index in [1.165, 1.54) is 13.2 Å². The van der Waals surface area contributed by atoms with Gasteiger partial charge < -0.3 is 15.0 Å². The van der Waals surface area contributed by atoms with Gasteiger partial charge in [-0.2, -0.15) is 13.2 Å². The summed E-state index contributed by atoms with van der Waals surface area (Å²) in [5.41, 5.74) is -2.23. The summed E-state index contributed by atoms with van der Waals surface area (Å²) in [6, 6.07) is 4.82. The number of anilines is 1. The van der Waals surface area contributed by atoms with E-state index in [0.717, 1.165) is 20.8 Å². The number of aryl methyl sites for hydroxylation is 2. The third-order valence-electron chi connectivity index (χ3n) is 3.52. The number of halogens is 4. The largest absolute Gasteiger partial charge is 0.425 e. The molecule has 1 aromatic heterocycles. The number of hydrogen-bond acceptors (Lipinski definition) is 3. The summed E-state index contributed by atoms with van der Waals surface area (Å²) in [4.78, 5) is 15.6. The van der Waals surface area contributed by atoms with Crippen LogP contribution in [0.4, 0.5) is 18.9 Å². The second-order valence-corrected chi connectivity index (χ2v) is 6.26. The van der Waals surface area contributed by atoms with Gasteiger partial charge in [0.05, 0.1) is 6.42 Å². The number of amides is 1. The van der Waals surface area contributed by atoms with Crippen LogP contribution < -0.4 is 5.32 Å². The molecule has 0 saturated heterocycles. The van der Waals surface area contributed by atoms with E-state index in [1.54, 1.807) is 25.1 Å². The van der Waals surface area contributed by atoms with Crippen molar-refractivity contribution in [2.45, 2.75) is 25.1 Å². The van der Waals surface area contributed by atoms with Gasteiger partial charge in [-0.05, 0) is 30.7 Å². The molecule has 2 aromatic rings. The first-order valence-electron chi connectivity index (χ1n) is 6.87. The Labute approximate surface area is 144 Å². The molecule has 2 rings (SSSR count). The molecule has 5 nitrogen and oxygen atoms in total. The van der Waals surface area contributed by atoms with E-state index in [0.29, 0.717) is 5.69 Å². The minimum Gasteiger partial charge on any atom is -0.374 e. The van der Waals surface area contributed by atoms with Gasteiger partial charge >= 0.3 is 6.18 Å². The number of aliphatic hydroxyl groups is 1. The minimum absolute atomic E-state index is 0.338. The molecule has 9 heteroatoms. The van der Waals surface area contributed by atoms with Gasteiger partial charge in [-0.15, -0.1) is 0 Å². The smallest absolute Gasteiger partial charge is 0.374 e. The van der Waals surface area contributed by atoms with Crippen LogP contribution in [0.2, 0.25) is 0 Å². The number of nitrogens with zero attached hydrogens (tertiary/aromatic N) is 2. The Morgan fingerprint density at radius 1 is 1.42 bits per heavy atom. The van der Waals surface area contributed by atoms with E-state index in [1.807, 2.05) is 0 Å². The molecule has 0 aliphatic heterocycles. The lowest BCUT2D eigenvalue weighted by atomic mass is 9.97. The van der Waals surface area contributed by atoms with Crippen LogP contribution in [0.3, 0.4) is 0 Å². The lowest BCUT2D eigenvalue weighted by molar-refractivity contribution is -0.270. The molecule has 24 heavy (non-hydrogen) atoms. The summed E-state index contributed by atoms with van der Waals surface area (Å²) < 4.78 is 42.0. The van der Waals surface area contributed by atoms with Gasteiger partial charge in [0.1, 0.15) is 0 Å². The maximum atomic E-state index is 13.4. The van der Waals surface area contributed by atoms with Crippen LogP contribution in [0.15, 0.2) is 35.1 Å². The Morgan fingerprint density at radius 2 is 2.08 bits per heavy atom. The van der Waals surface area contributed by atoms with Crippen molar-refractivity contribution in [3.63, 3.8) is 0 Å². The maximum Gasteiger partial charge on any atom is 0.425 e. The highest BCUT2D eigenvalue weighted by Gasteiger charge is 2.58. The van der Waals surface area contributed by atoms with Crippen LogP contribution in [0.25, 0.3) is 0 Å². The fraction of sp³-hybridized carbons (Fsp3) is 0.333. The van der Waals surface area contributed by atoms with Crippen LogP contribution in [0.5, 0.6) is 0 Å². The molecular formula is C15H15BrF3N3O2. The number of rotatable bonds is 4. The topological polar surface area (TPSA) is 67.2 Å². The SMILES string of the molecule is Cc1cc(NC(=O)CC(O)(c2nccn2C)C(F)(F)F)ccc1Br. The quantitative estimate of drug-likeness (QED) is 0.819. The van der Waals surface area contributed by atoms with E-state index in [-0.39, 0.29) is 0 Å². The van der Waals surface area contributed by atoms with Crippen molar-refractivity contribution in [2.75, 3.05) is 5.32 Å². The fourth-order valence-corrected chi connectivity index (χ4v) is 2.48. The molecule has 1 heterocycles. The minimum atomic E-state index is -5.06. The molecule has 0 bridgehead atoms. The first kappa shape index (κ1) is 18.5. The van der Waals surface area contributed by atoms with Gasteiger partial charge in [0.2, 0.25) is 11.5 Å². The highest BCUT2D eigenvalue weighted by molar-refractivity contribution is 9.10.